The average molecular weight is 287 g/mol. The van der Waals surface area contributed by atoms with Gasteiger partial charge in [0.05, 0.1) is 11.7 Å². The molecule has 0 spiro atoms. The molecule has 0 fully saturated rings. The molecule has 2 aromatic carbocycles. The summed E-state index contributed by atoms with van der Waals surface area (Å²) in [5.74, 6) is -0.162. The zero-order valence-corrected chi connectivity index (χ0v) is 12.1. The van der Waals surface area contributed by atoms with Crippen molar-refractivity contribution < 1.29 is 9.90 Å². The lowest BCUT2D eigenvalue weighted by Crippen LogP contribution is -2.28. The van der Waals surface area contributed by atoms with Crippen molar-refractivity contribution in [2.24, 2.45) is 0 Å². The Morgan fingerprint density at radius 3 is 2.50 bits per heavy atom. The Balaban J connectivity index is 1.99. The molecule has 4 heteroatoms. The molecule has 0 saturated carbocycles. The van der Waals surface area contributed by atoms with Gasteiger partial charge in [0, 0.05) is 11.4 Å². The number of thioether (sulfide) groups is 1. The molecule has 1 amide bonds. The fourth-order valence-corrected chi connectivity index (χ4v) is 2.51. The summed E-state index contributed by atoms with van der Waals surface area (Å²) in [5.41, 5.74) is 1.44. The molecule has 0 aromatic heterocycles. The Kier molecular flexibility index (Phi) is 5.21. The number of aliphatic hydroxyl groups excluding tert-OH is 1. The van der Waals surface area contributed by atoms with Gasteiger partial charge < -0.3 is 10.4 Å². The van der Waals surface area contributed by atoms with Crippen LogP contribution in [0.15, 0.2) is 59.5 Å². The predicted molar refractivity (Wildman–Crippen MR) is 82.0 cm³/mol. The molecule has 1 atom stereocenters. The number of benzene rings is 2. The molecule has 3 nitrogen and oxygen atoms in total. The van der Waals surface area contributed by atoms with Crippen LogP contribution in [0.2, 0.25) is 0 Å². The fraction of sp³-hybridized carbons (Fsp3) is 0.188. The van der Waals surface area contributed by atoms with Crippen LogP contribution in [0.5, 0.6) is 0 Å². The Bertz CT molecular complexity index is 572. The lowest BCUT2D eigenvalue weighted by atomic mass is 10.1. The van der Waals surface area contributed by atoms with Crippen LogP contribution in [-0.4, -0.2) is 23.8 Å². The van der Waals surface area contributed by atoms with E-state index in [4.69, 9.17) is 0 Å². The Morgan fingerprint density at radius 1 is 1.15 bits per heavy atom. The third-order valence-corrected chi connectivity index (χ3v) is 3.79. The van der Waals surface area contributed by atoms with E-state index in [9.17, 15) is 9.90 Å². The zero-order chi connectivity index (χ0) is 14.4. The van der Waals surface area contributed by atoms with Crippen LogP contribution >= 0.6 is 11.8 Å². The van der Waals surface area contributed by atoms with Crippen molar-refractivity contribution >= 4 is 17.7 Å². The van der Waals surface area contributed by atoms with Crippen LogP contribution < -0.4 is 5.32 Å². The molecule has 0 heterocycles. The lowest BCUT2D eigenvalue weighted by molar-refractivity contribution is 0.0913. The van der Waals surface area contributed by atoms with Crippen LogP contribution in [0, 0.1) is 0 Å². The van der Waals surface area contributed by atoms with Gasteiger partial charge in [0.25, 0.3) is 5.91 Å². The van der Waals surface area contributed by atoms with Gasteiger partial charge in [-0.1, -0.05) is 42.5 Å². The van der Waals surface area contributed by atoms with E-state index >= 15 is 0 Å². The molecule has 0 saturated heterocycles. The normalized spacial score (nSPS) is 11.9. The summed E-state index contributed by atoms with van der Waals surface area (Å²) in [4.78, 5) is 13.1. The fourth-order valence-electron chi connectivity index (χ4n) is 1.91. The summed E-state index contributed by atoms with van der Waals surface area (Å²) >= 11 is 1.53. The molecule has 2 N–H and O–H groups in total. The van der Waals surface area contributed by atoms with Crippen molar-refractivity contribution in [2.75, 3.05) is 12.8 Å². The molecule has 104 valence electrons. The standard InChI is InChI=1S/C16H17NO2S/c1-20-15-10-6-5-9-13(15)16(19)17-11-14(18)12-7-3-2-4-8-12/h2-10,14,18H,11H2,1H3,(H,17,19). The van der Waals surface area contributed by atoms with Gasteiger partial charge in [-0.15, -0.1) is 11.8 Å². The van der Waals surface area contributed by atoms with Gasteiger partial charge in [0.1, 0.15) is 0 Å². The van der Waals surface area contributed by atoms with Crippen molar-refractivity contribution in [3.8, 4) is 0 Å². The molecule has 2 rings (SSSR count). The highest BCUT2D eigenvalue weighted by Gasteiger charge is 2.12. The number of carbonyl (C=O) groups is 1. The van der Waals surface area contributed by atoms with Crippen molar-refractivity contribution in [2.45, 2.75) is 11.0 Å². The van der Waals surface area contributed by atoms with Crippen molar-refractivity contribution in [1.82, 2.24) is 5.32 Å². The smallest absolute Gasteiger partial charge is 0.252 e. The van der Waals surface area contributed by atoms with Gasteiger partial charge in [0.2, 0.25) is 0 Å². The summed E-state index contributed by atoms with van der Waals surface area (Å²) < 4.78 is 0. The van der Waals surface area contributed by atoms with Gasteiger partial charge >= 0.3 is 0 Å². The minimum atomic E-state index is -0.693. The van der Waals surface area contributed by atoms with Crippen LogP contribution in [0.25, 0.3) is 0 Å². The monoisotopic (exact) mass is 287 g/mol. The number of carbonyl (C=O) groups excluding carboxylic acids is 1. The van der Waals surface area contributed by atoms with Gasteiger partial charge in [-0.05, 0) is 24.0 Å². The predicted octanol–water partition coefficient (Wildman–Crippen LogP) is 2.87. The summed E-state index contributed by atoms with van der Waals surface area (Å²) in [6.07, 6.45) is 1.24. The summed E-state index contributed by atoms with van der Waals surface area (Å²) in [6.45, 7) is 0.200. The van der Waals surface area contributed by atoms with E-state index in [0.29, 0.717) is 5.56 Å². The van der Waals surface area contributed by atoms with E-state index in [0.717, 1.165) is 10.5 Å². The molecule has 0 radical (unpaired) electrons. The van der Waals surface area contributed by atoms with Crippen LogP contribution in [0.3, 0.4) is 0 Å². The molecule has 0 aliphatic rings. The number of amides is 1. The topological polar surface area (TPSA) is 49.3 Å². The second-order valence-corrected chi connectivity index (χ2v) is 5.18. The lowest BCUT2D eigenvalue weighted by Gasteiger charge is -2.13. The number of nitrogens with one attached hydrogen (secondary N) is 1. The summed E-state index contributed by atoms with van der Waals surface area (Å²) in [5, 5.41) is 12.8. The SMILES string of the molecule is CSc1ccccc1C(=O)NCC(O)c1ccccc1. The van der Waals surface area contributed by atoms with E-state index in [1.165, 1.54) is 11.8 Å². The highest BCUT2D eigenvalue weighted by molar-refractivity contribution is 7.98. The largest absolute Gasteiger partial charge is 0.387 e. The molecule has 0 aliphatic heterocycles. The van der Waals surface area contributed by atoms with E-state index in [1.807, 2.05) is 54.8 Å². The molecular formula is C16H17NO2S. The van der Waals surface area contributed by atoms with Crippen molar-refractivity contribution in [3.63, 3.8) is 0 Å². The number of rotatable bonds is 5. The Morgan fingerprint density at radius 2 is 1.80 bits per heavy atom. The van der Waals surface area contributed by atoms with E-state index in [-0.39, 0.29) is 12.5 Å². The summed E-state index contributed by atoms with van der Waals surface area (Å²) in [6, 6.07) is 16.7. The molecule has 1 unspecified atom stereocenters. The highest BCUT2D eigenvalue weighted by atomic mass is 32.2. The van der Waals surface area contributed by atoms with E-state index in [1.54, 1.807) is 6.07 Å². The van der Waals surface area contributed by atoms with Gasteiger partial charge in [-0.25, -0.2) is 0 Å². The molecule has 2 aromatic rings. The van der Waals surface area contributed by atoms with Gasteiger partial charge in [-0.2, -0.15) is 0 Å². The summed E-state index contributed by atoms with van der Waals surface area (Å²) in [7, 11) is 0. The quantitative estimate of drug-likeness (QED) is 0.831. The first-order valence-corrected chi connectivity index (χ1v) is 7.59. The molecule has 20 heavy (non-hydrogen) atoms. The molecular weight excluding hydrogens is 270 g/mol. The maximum atomic E-state index is 12.1. The second kappa shape index (κ2) is 7.12. The first-order chi connectivity index (χ1) is 9.72. The second-order valence-electron chi connectivity index (χ2n) is 4.34. The zero-order valence-electron chi connectivity index (χ0n) is 11.2. The highest BCUT2D eigenvalue weighted by Crippen LogP contribution is 2.19. The Labute approximate surface area is 123 Å². The van der Waals surface area contributed by atoms with Crippen molar-refractivity contribution in [1.29, 1.82) is 0 Å². The first kappa shape index (κ1) is 14.6. The first-order valence-electron chi connectivity index (χ1n) is 6.36. The molecule has 0 aliphatic carbocycles. The third-order valence-electron chi connectivity index (χ3n) is 2.99. The number of aliphatic hydroxyl groups is 1. The number of hydrogen-bond acceptors (Lipinski definition) is 3. The molecule has 0 bridgehead atoms. The number of hydrogen-bond donors (Lipinski definition) is 2. The van der Waals surface area contributed by atoms with Gasteiger partial charge in [0.15, 0.2) is 0 Å². The van der Waals surface area contributed by atoms with Crippen molar-refractivity contribution in [3.05, 3.63) is 65.7 Å². The maximum absolute atomic E-state index is 12.1. The van der Waals surface area contributed by atoms with Crippen LogP contribution in [0.1, 0.15) is 22.0 Å². The minimum absolute atomic E-state index is 0.162. The van der Waals surface area contributed by atoms with E-state index in [2.05, 4.69) is 5.32 Å². The van der Waals surface area contributed by atoms with E-state index < -0.39 is 6.10 Å². The maximum Gasteiger partial charge on any atom is 0.252 e. The van der Waals surface area contributed by atoms with Crippen LogP contribution in [-0.2, 0) is 0 Å². The Hall–Kier alpha value is -1.78. The van der Waals surface area contributed by atoms with Gasteiger partial charge in [-0.3, -0.25) is 4.79 Å². The average Bonchev–Trinajstić information content (AvgIpc) is 2.53. The third kappa shape index (κ3) is 3.62. The van der Waals surface area contributed by atoms with Crippen LogP contribution in [0.4, 0.5) is 0 Å². The minimum Gasteiger partial charge on any atom is -0.387 e.